The van der Waals surface area contributed by atoms with Gasteiger partial charge in [0.05, 0.1) is 21.3 Å². The number of aromatic carboxylic acids is 1. The van der Waals surface area contributed by atoms with E-state index >= 15 is 0 Å². The van der Waals surface area contributed by atoms with E-state index < -0.39 is 5.97 Å². The number of hydrogen-bond donors (Lipinski definition) is 1. The largest absolute Gasteiger partial charge is 0.478 e. The second kappa shape index (κ2) is 7.77. The number of carbonyl (C=O) groups is 1. The predicted octanol–water partition coefficient (Wildman–Crippen LogP) is 6.50. The standard InChI is InChI=1S/C20H15Cl3N2O2/c1-11-7-13(10-24-19-6-3-14(21)8-18(19)23)12(2)25(11)15-4-5-16(20(26)27)17(22)9-15/h3-10H,1-2H3,(H,26,27). The molecule has 1 N–H and O–H groups in total. The van der Waals surface area contributed by atoms with E-state index in [0.29, 0.717) is 15.7 Å². The molecule has 0 aliphatic rings. The van der Waals surface area contributed by atoms with Crippen LogP contribution in [0.15, 0.2) is 47.5 Å². The highest BCUT2D eigenvalue weighted by Crippen LogP contribution is 2.29. The van der Waals surface area contributed by atoms with Crippen molar-refractivity contribution in [3.8, 4) is 5.69 Å². The minimum absolute atomic E-state index is 0.0713. The van der Waals surface area contributed by atoms with Crippen LogP contribution < -0.4 is 0 Å². The summed E-state index contributed by atoms with van der Waals surface area (Å²) in [6.45, 7) is 3.91. The first-order valence-electron chi connectivity index (χ1n) is 7.99. The van der Waals surface area contributed by atoms with Gasteiger partial charge in [0.1, 0.15) is 0 Å². The number of nitrogens with zero attached hydrogens (tertiary/aromatic N) is 2. The van der Waals surface area contributed by atoms with E-state index in [2.05, 4.69) is 4.99 Å². The zero-order valence-corrected chi connectivity index (χ0v) is 16.8. The van der Waals surface area contributed by atoms with Gasteiger partial charge in [-0.2, -0.15) is 0 Å². The molecule has 0 aliphatic carbocycles. The summed E-state index contributed by atoms with van der Waals surface area (Å²) in [5.74, 6) is -1.06. The third-order valence-corrected chi connectivity index (χ3v) is 5.01. The molecule has 27 heavy (non-hydrogen) atoms. The second-order valence-electron chi connectivity index (χ2n) is 5.99. The molecule has 2 aromatic carbocycles. The summed E-state index contributed by atoms with van der Waals surface area (Å²) < 4.78 is 1.99. The zero-order chi connectivity index (χ0) is 19.7. The van der Waals surface area contributed by atoms with Crippen molar-refractivity contribution in [3.05, 3.63) is 80.0 Å². The highest BCUT2D eigenvalue weighted by Gasteiger charge is 2.13. The van der Waals surface area contributed by atoms with Crippen LogP contribution in [-0.2, 0) is 0 Å². The van der Waals surface area contributed by atoms with Crippen molar-refractivity contribution in [3.63, 3.8) is 0 Å². The van der Waals surface area contributed by atoms with Crippen LogP contribution >= 0.6 is 34.8 Å². The van der Waals surface area contributed by atoms with Gasteiger partial charge in [-0.15, -0.1) is 0 Å². The number of carboxylic acids is 1. The lowest BCUT2D eigenvalue weighted by Gasteiger charge is -2.11. The molecule has 0 amide bonds. The van der Waals surface area contributed by atoms with Crippen LogP contribution in [0.25, 0.3) is 5.69 Å². The van der Waals surface area contributed by atoms with Crippen LogP contribution in [0.1, 0.15) is 27.3 Å². The van der Waals surface area contributed by atoms with Gasteiger partial charge in [-0.3, -0.25) is 4.99 Å². The fraction of sp³-hybridized carbons (Fsp3) is 0.100. The molecule has 3 rings (SSSR count). The highest BCUT2D eigenvalue weighted by molar-refractivity contribution is 6.36. The van der Waals surface area contributed by atoms with Gasteiger partial charge >= 0.3 is 5.97 Å². The van der Waals surface area contributed by atoms with E-state index in [1.54, 1.807) is 36.5 Å². The third-order valence-electron chi connectivity index (χ3n) is 4.16. The first-order chi connectivity index (χ1) is 12.8. The first-order valence-corrected chi connectivity index (χ1v) is 9.12. The summed E-state index contributed by atoms with van der Waals surface area (Å²) in [5, 5.41) is 10.4. The molecule has 0 aliphatic heterocycles. The van der Waals surface area contributed by atoms with E-state index in [9.17, 15) is 4.79 Å². The Morgan fingerprint density at radius 3 is 2.41 bits per heavy atom. The molecule has 1 heterocycles. The van der Waals surface area contributed by atoms with E-state index in [1.807, 2.05) is 24.5 Å². The molecule has 0 spiro atoms. The fourth-order valence-electron chi connectivity index (χ4n) is 2.86. The molecule has 0 radical (unpaired) electrons. The van der Waals surface area contributed by atoms with E-state index in [1.165, 1.54) is 6.07 Å². The molecule has 138 valence electrons. The highest BCUT2D eigenvalue weighted by atomic mass is 35.5. The van der Waals surface area contributed by atoms with Gasteiger partial charge in [0.2, 0.25) is 0 Å². The lowest BCUT2D eigenvalue weighted by molar-refractivity contribution is 0.0697. The van der Waals surface area contributed by atoms with Crippen molar-refractivity contribution >= 4 is 52.7 Å². The maximum absolute atomic E-state index is 11.1. The number of halogens is 3. The number of carboxylic acid groups (broad SMARTS) is 1. The first kappa shape index (κ1) is 19.5. The lowest BCUT2D eigenvalue weighted by Crippen LogP contribution is -2.02. The normalized spacial score (nSPS) is 11.3. The number of aromatic nitrogens is 1. The van der Waals surface area contributed by atoms with Gasteiger partial charge in [0.15, 0.2) is 0 Å². The molecular weight excluding hydrogens is 407 g/mol. The summed E-state index contributed by atoms with van der Waals surface area (Å²) >= 11 is 18.2. The summed E-state index contributed by atoms with van der Waals surface area (Å²) in [6, 6.07) is 12.0. The summed E-state index contributed by atoms with van der Waals surface area (Å²) in [5.41, 5.74) is 4.30. The minimum Gasteiger partial charge on any atom is -0.478 e. The zero-order valence-electron chi connectivity index (χ0n) is 14.5. The molecular formula is C20H15Cl3N2O2. The van der Waals surface area contributed by atoms with Gasteiger partial charge in [0.25, 0.3) is 0 Å². The number of aryl methyl sites for hydroxylation is 1. The van der Waals surface area contributed by atoms with Gasteiger partial charge in [-0.05, 0) is 56.3 Å². The molecule has 0 unspecified atom stereocenters. The van der Waals surface area contributed by atoms with Gasteiger partial charge in [-0.1, -0.05) is 34.8 Å². The van der Waals surface area contributed by atoms with Gasteiger partial charge < -0.3 is 9.67 Å². The quantitative estimate of drug-likeness (QED) is 0.489. The molecule has 0 fully saturated rings. The Morgan fingerprint density at radius 2 is 1.78 bits per heavy atom. The van der Waals surface area contributed by atoms with Gasteiger partial charge in [0, 0.05) is 33.9 Å². The molecule has 3 aromatic rings. The Labute approximate surface area is 171 Å². The molecule has 1 aromatic heterocycles. The summed E-state index contributed by atoms with van der Waals surface area (Å²) in [7, 11) is 0. The van der Waals surface area contributed by atoms with Crippen molar-refractivity contribution in [1.29, 1.82) is 0 Å². The Hall–Kier alpha value is -2.27. The number of hydrogen-bond acceptors (Lipinski definition) is 2. The average molecular weight is 422 g/mol. The number of aliphatic imine (C=N–C) groups is 1. The summed E-state index contributed by atoms with van der Waals surface area (Å²) in [4.78, 5) is 15.6. The molecule has 0 saturated carbocycles. The van der Waals surface area contributed by atoms with Crippen molar-refractivity contribution in [2.24, 2.45) is 4.99 Å². The Morgan fingerprint density at radius 1 is 1.04 bits per heavy atom. The van der Waals surface area contributed by atoms with Crippen LogP contribution in [-0.4, -0.2) is 21.9 Å². The molecule has 4 nitrogen and oxygen atoms in total. The van der Waals surface area contributed by atoms with Crippen LogP contribution in [0.5, 0.6) is 0 Å². The van der Waals surface area contributed by atoms with Crippen molar-refractivity contribution in [1.82, 2.24) is 4.57 Å². The monoisotopic (exact) mass is 420 g/mol. The van der Waals surface area contributed by atoms with Crippen LogP contribution in [0.2, 0.25) is 15.1 Å². The number of rotatable bonds is 4. The second-order valence-corrected chi connectivity index (χ2v) is 7.24. The maximum atomic E-state index is 11.1. The van der Waals surface area contributed by atoms with Crippen molar-refractivity contribution < 1.29 is 9.90 Å². The van der Waals surface area contributed by atoms with Crippen molar-refractivity contribution in [2.45, 2.75) is 13.8 Å². The topological polar surface area (TPSA) is 54.6 Å². The summed E-state index contributed by atoms with van der Waals surface area (Å²) in [6.07, 6.45) is 1.74. The Kier molecular flexibility index (Phi) is 5.61. The lowest BCUT2D eigenvalue weighted by atomic mass is 10.2. The smallest absolute Gasteiger partial charge is 0.337 e. The molecule has 0 saturated heterocycles. The minimum atomic E-state index is -1.06. The Balaban J connectivity index is 1.99. The maximum Gasteiger partial charge on any atom is 0.337 e. The molecule has 7 heteroatoms. The van der Waals surface area contributed by atoms with E-state index in [-0.39, 0.29) is 10.6 Å². The van der Waals surface area contributed by atoms with Crippen molar-refractivity contribution in [2.75, 3.05) is 0 Å². The number of benzene rings is 2. The van der Waals surface area contributed by atoms with Gasteiger partial charge in [-0.25, -0.2) is 4.79 Å². The van der Waals surface area contributed by atoms with E-state index in [0.717, 1.165) is 22.6 Å². The van der Waals surface area contributed by atoms with Crippen LogP contribution in [0, 0.1) is 13.8 Å². The fourth-order valence-corrected chi connectivity index (χ4v) is 3.57. The van der Waals surface area contributed by atoms with Crippen LogP contribution in [0.4, 0.5) is 5.69 Å². The SMILES string of the molecule is Cc1cc(C=Nc2ccc(Cl)cc2Cl)c(C)n1-c1ccc(C(=O)O)c(Cl)c1. The van der Waals surface area contributed by atoms with Crippen LogP contribution in [0.3, 0.4) is 0 Å². The predicted molar refractivity (Wildman–Crippen MR) is 111 cm³/mol. The van der Waals surface area contributed by atoms with E-state index in [4.69, 9.17) is 39.9 Å². The third kappa shape index (κ3) is 4.03. The molecule has 0 atom stereocenters. The average Bonchev–Trinajstić information content (AvgIpc) is 2.87. The molecule has 0 bridgehead atoms. The Bertz CT molecular complexity index is 1070.